The highest BCUT2D eigenvalue weighted by atomic mass is 32.2. The molecule has 1 amide bonds. The van der Waals surface area contributed by atoms with Crippen LogP contribution in [0.2, 0.25) is 0 Å². The number of fused-ring (bicyclic) bond motifs is 1. The fraction of sp³-hybridized carbons (Fsp3) is 0.304. The maximum Gasteiger partial charge on any atom is 0.243 e. The van der Waals surface area contributed by atoms with Crippen LogP contribution < -0.4 is 0 Å². The molecule has 156 valence electrons. The van der Waals surface area contributed by atoms with Crippen molar-refractivity contribution >= 4 is 26.8 Å². The van der Waals surface area contributed by atoms with Crippen LogP contribution in [0.4, 0.5) is 0 Å². The third-order valence-electron chi connectivity index (χ3n) is 5.77. The molecule has 1 aromatic heterocycles. The third-order valence-corrected chi connectivity index (χ3v) is 7.66. The second-order valence-electron chi connectivity index (χ2n) is 7.70. The molecule has 30 heavy (non-hydrogen) atoms. The van der Waals surface area contributed by atoms with Crippen molar-refractivity contribution in [1.82, 2.24) is 14.2 Å². The summed E-state index contributed by atoms with van der Waals surface area (Å²) in [5.41, 5.74) is 3.74. The van der Waals surface area contributed by atoms with Gasteiger partial charge in [0, 0.05) is 37.8 Å². The number of rotatable bonds is 4. The number of benzene rings is 2. The average molecular weight is 424 g/mol. The number of hydrogen-bond donors (Lipinski definition) is 0. The molecule has 0 bridgehead atoms. The van der Waals surface area contributed by atoms with E-state index in [2.05, 4.69) is 4.98 Å². The van der Waals surface area contributed by atoms with Gasteiger partial charge in [-0.2, -0.15) is 4.31 Å². The first kappa shape index (κ1) is 20.5. The van der Waals surface area contributed by atoms with Gasteiger partial charge < -0.3 is 4.90 Å². The number of piperazine rings is 1. The molecule has 0 radical (unpaired) electrons. The summed E-state index contributed by atoms with van der Waals surface area (Å²) in [4.78, 5) is 19.3. The van der Waals surface area contributed by atoms with Gasteiger partial charge in [0.1, 0.15) is 0 Å². The van der Waals surface area contributed by atoms with Crippen LogP contribution in [0.25, 0.3) is 10.9 Å². The van der Waals surface area contributed by atoms with E-state index < -0.39 is 10.0 Å². The molecule has 7 heteroatoms. The van der Waals surface area contributed by atoms with E-state index in [1.54, 1.807) is 23.2 Å². The number of aryl methyl sites for hydroxylation is 2. The third kappa shape index (κ3) is 3.95. The molecule has 1 aliphatic rings. The monoisotopic (exact) mass is 423 g/mol. The summed E-state index contributed by atoms with van der Waals surface area (Å²) >= 11 is 0. The van der Waals surface area contributed by atoms with Crippen molar-refractivity contribution in [3.8, 4) is 0 Å². The van der Waals surface area contributed by atoms with Crippen LogP contribution in [-0.2, 0) is 21.2 Å². The Morgan fingerprint density at radius 3 is 2.43 bits per heavy atom. The number of para-hydroxylation sites is 1. The van der Waals surface area contributed by atoms with Gasteiger partial charge in [0.2, 0.25) is 15.9 Å². The minimum absolute atomic E-state index is 0.00335. The standard InChI is InChI=1S/C23H25N3O3S/c1-17-8-9-21(15-18(17)2)30(28,29)26-13-11-25(12-14-26)22(27)16-20-6-3-5-19-7-4-10-24-23(19)20/h3-10,15H,11-14,16H2,1-2H3. The van der Waals surface area contributed by atoms with Gasteiger partial charge in [-0.25, -0.2) is 8.42 Å². The molecular weight excluding hydrogens is 398 g/mol. The van der Waals surface area contributed by atoms with Gasteiger partial charge in [-0.3, -0.25) is 9.78 Å². The van der Waals surface area contributed by atoms with Crippen molar-refractivity contribution in [3.63, 3.8) is 0 Å². The summed E-state index contributed by atoms with van der Waals surface area (Å²) in [5.74, 6) is -0.00335. The topological polar surface area (TPSA) is 70.6 Å². The minimum atomic E-state index is -3.55. The van der Waals surface area contributed by atoms with Gasteiger partial charge in [-0.1, -0.05) is 30.3 Å². The van der Waals surface area contributed by atoms with Gasteiger partial charge in [0.25, 0.3) is 0 Å². The van der Waals surface area contributed by atoms with Crippen molar-refractivity contribution in [2.75, 3.05) is 26.2 Å². The zero-order chi connectivity index (χ0) is 21.3. The van der Waals surface area contributed by atoms with Crippen LogP contribution in [0.1, 0.15) is 16.7 Å². The van der Waals surface area contributed by atoms with E-state index in [9.17, 15) is 13.2 Å². The number of amides is 1. The lowest BCUT2D eigenvalue weighted by Crippen LogP contribution is -2.50. The van der Waals surface area contributed by atoms with E-state index >= 15 is 0 Å². The molecule has 2 heterocycles. The number of sulfonamides is 1. The molecule has 1 fully saturated rings. The van der Waals surface area contributed by atoms with Gasteiger partial charge in [0.05, 0.1) is 16.8 Å². The lowest BCUT2D eigenvalue weighted by molar-refractivity contribution is -0.131. The fourth-order valence-electron chi connectivity index (χ4n) is 3.79. The number of carbonyl (C=O) groups is 1. The molecule has 0 aliphatic carbocycles. The van der Waals surface area contributed by atoms with E-state index in [1.165, 1.54) is 4.31 Å². The Kier molecular flexibility index (Phi) is 5.58. The molecule has 2 aromatic carbocycles. The highest BCUT2D eigenvalue weighted by molar-refractivity contribution is 7.89. The summed E-state index contributed by atoms with van der Waals surface area (Å²) < 4.78 is 27.4. The van der Waals surface area contributed by atoms with Crippen molar-refractivity contribution in [2.45, 2.75) is 25.2 Å². The van der Waals surface area contributed by atoms with Gasteiger partial charge in [-0.05, 0) is 48.7 Å². The largest absolute Gasteiger partial charge is 0.340 e. The van der Waals surface area contributed by atoms with Gasteiger partial charge >= 0.3 is 0 Å². The van der Waals surface area contributed by atoms with E-state index in [-0.39, 0.29) is 12.3 Å². The Labute approximate surface area is 177 Å². The second kappa shape index (κ2) is 8.16. The van der Waals surface area contributed by atoms with Crippen LogP contribution >= 0.6 is 0 Å². The smallest absolute Gasteiger partial charge is 0.243 e. The zero-order valence-corrected chi connectivity index (χ0v) is 18.0. The Balaban J connectivity index is 1.43. The molecule has 0 spiro atoms. The molecule has 1 aliphatic heterocycles. The predicted octanol–water partition coefficient (Wildman–Crippen LogP) is 2.93. The van der Waals surface area contributed by atoms with E-state index in [0.29, 0.717) is 31.1 Å². The minimum Gasteiger partial charge on any atom is -0.340 e. The number of pyridine rings is 1. The maximum atomic E-state index is 13.0. The van der Waals surface area contributed by atoms with Crippen molar-refractivity contribution < 1.29 is 13.2 Å². The number of carbonyl (C=O) groups excluding carboxylic acids is 1. The van der Waals surface area contributed by atoms with Crippen molar-refractivity contribution in [1.29, 1.82) is 0 Å². The first-order valence-corrected chi connectivity index (χ1v) is 11.5. The Morgan fingerprint density at radius 1 is 0.967 bits per heavy atom. The van der Waals surface area contributed by atoms with E-state index in [0.717, 1.165) is 27.6 Å². The fourth-order valence-corrected chi connectivity index (χ4v) is 5.29. The molecule has 0 unspecified atom stereocenters. The maximum absolute atomic E-state index is 13.0. The molecule has 4 rings (SSSR count). The first-order valence-electron chi connectivity index (χ1n) is 10.0. The molecule has 0 saturated carbocycles. The van der Waals surface area contributed by atoms with Crippen LogP contribution in [0.5, 0.6) is 0 Å². The molecule has 0 N–H and O–H groups in total. The molecular formula is C23H25N3O3S. The SMILES string of the molecule is Cc1ccc(S(=O)(=O)N2CCN(C(=O)Cc3cccc4cccnc34)CC2)cc1C. The lowest BCUT2D eigenvalue weighted by atomic mass is 10.1. The highest BCUT2D eigenvalue weighted by Crippen LogP contribution is 2.21. The summed E-state index contributed by atoms with van der Waals surface area (Å²) in [6, 6.07) is 14.9. The number of nitrogens with zero attached hydrogens (tertiary/aromatic N) is 3. The predicted molar refractivity (Wildman–Crippen MR) is 117 cm³/mol. The van der Waals surface area contributed by atoms with Crippen molar-refractivity contribution in [2.24, 2.45) is 0 Å². The Bertz CT molecular complexity index is 1190. The number of hydrogen-bond acceptors (Lipinski definition) is 4. The normalized spacial score (nSPS) is 15.5. The zero-order valence-electron chi connectivity index (χ0n) is 17.2. The molecule has 0 atom stereocenters. The molecule has 3 aromatic rings. The Hall–Kier alpha value is -2.77. The Morgan fingerprint density at radius 2 is 1.70 bits per heavy atom. The van der Waals surface area contributed by atoms with Gasteiger partial charge in [0.15, 0.2) is 0 Å². The summed E-state index contributed by atoms with van der Waals surface area (Å²) in [5, 5.41) is 1.01. The summed E-state index contributed by atoms with van der Waals surface area (Å²) in [6.45, 7) is 5.25. The van der Waals surface area contributed by atoms with Crippen LogP contribution in [0.15, 0.2) is 59.6 Å². The number of aromatic nitrogens is 1. The highest BCUT2D eigenvalue weighted by Gasteiger charge is 2.30. The lowest BCUT2D eigenvalue weighted by Gasteiger charge is -2.34. The second-order valence-corrected chi connectivity index (χ2v) is 9.64. The van der Waals surface area contributed by atoms with Crippen LogP contribution in [-0.4, -0.2) is 54.7 Å². The van der Waals surface area contributed by atoms with E-state index in [1.807, 2.05) is 50.2 Å². The first-order chi connectivity index (χ1) is 14.4. The van der Waals surface area contributed by atoms with Crippen LogP contribution in [0.3, 0.4) is 0 Å². The average Bonchev–Trinajstić information content (AvgIpc) is 2.76. The van der Waals surface area contributed by atoms with Crippen LogP contribution in [0, 0.1) is 13.8 Å². The quantitative estimate of drug-likeness (QED) is 0.647. The van der Waals surface area contributed by atoms with Gasteiger partial charge in [-0.15, -0.1) is 0 Å². The summed E-state index contributed by atoms with van der Waals surface area (Å²) in [6.07, 6.45) is 1.99. The summed E-state index contributed by atoms with van der Waals surface area (Å²) in [7, 11) is -3.55. The van der Waals surface area contributed by atoms with E-state index in [4.69, 9.17) is 0 Å². The molecule has 6 nitrogen and oxygen atoms in total. The van der Waals surface area contributed by atoms with Crippen molar-refractivity contribution in [3.05, 3.63) is 71.4 Å². The molecule has 1 saturated heterocycles.